The molecule has 13 heavy (non-hydrogen) atoms. The average Bonchev–Trinajstić information content (AvgIpc) is 1.83. The Kier molecular flexibility index (Phi) is 4.83. The number of rotatable bonds is 1. The standard InChI is InChI=1S/C6H4Cl2O3S.Zn/c7-4-1-2-6(5(8)3-4)12(9,10)11;/h1-3H,(H,9,10,11);. The van der Waals surface area contributed by atoms with Gasteiger partial charge in [-0.3, -0.25) is 4.55 Å². The molecule has 0 unspecified atom stereocenters. The fourth-order valence-electron chi connectivity index (χ4n) is 0.684. The third-order valence-corrected chi connectivity index (χ3v) is 2.74. The van der Waals surface area contributed by atoms with Gasteiger partial charge >= 0.3 is 0 Å². The molecule has 1 aromatic rings. The van der Waals surface area contributed by atoms with Crippen molar-refractivity contribution >= 4 is 33.3 Å². The first-order valence-corrected chi connectivity index (χ1v) is 5.03. The fourth-order valence-corrected chi connectivity index (χ4v) is 1.93. The van der Waals surface area contributed by atoms with E-state index in [2.05, 4.69) is 0 Å². The summed E-state index contributed by atoms with van der Waals surface area (Å²) in [7, 11) is -4.24. The van der Waals surface area contributed by atoms with Crippen LogP contribution in [0.25, 0.3) is 0 Å². The van der Waals surface area contributed by atoms with E-state index >= 15 is 0 Å². The minimum absolute atomic E-state index is 0. The molecule has 0 saturated carbocycles. The van der Waals surface area contributed by atoms with Crippen molar-refractivity contribution in [2.45, 2.75) is 4.90 Å². The maximum atomic E-state index is 10.6. The topological polar surface area (TPSA) is 54.4 Å². The smallest absolute Gasteiger partial charge is 0.282 e. The van der Waals surface area contributed by atoms with Gasteiger partial charge in [-0.05, 0) is 18.2 Å². The van der Waals surface area contributed by atoms with Gasteiger partial charge in [0.05, 0.1) is 5.02 Å². The van der Waals surface area contributed by atoms with E-state index in [1.54, 1.807) is 0 Å². The van der Waals surface area contributed by atoms with Gasteiger partial charge in [0.15, 0.2) is 0 Å². The van der Waals surface area contributed by atoms with Crippen LogP contribution in [0.4, 0.5) is 0 Å². The molecule has 0 aromatic heterocycles. The quantitative estimate of drug-likeness (QED) is 0.638. The van der Waals surface area contributed by atoms with Crippen LogP contribution in [0.15, 0.2) is 23.1 Å². The third kappa shape index (κ3) is 3.52. The summed E-state index contributed by atoms with van der Waals surface area (Å²) in [6.07, 6.45) is 0. The molecule has 0 radical (unpaired) electrons. The summed E-state index contributed by atoms with van der Waals surface area (Å²) >= 11 is 11.0. The molecule has 1 aromatic carbocycles. The van der Waals surface area contributed by atoms with Crippen LogP contribution in [0.3, 0.4) is 0 Å². The van der Waals surface area contributed by atoms with Crippen molar-refractivity contribution < 1.29 is 32.4 Å². The molecule has 0 bridgehead atoms. The Balaban J connectivity index is 0.00000144. The number of benzene rings is 1. The summed E-state index contributed by atoms with van der Waals surface area (Å²) in [5.41, 5.74) is 0. The Labute approximate surface area is 98.5 Å². The maximum absolute atomic E-state index is 10.6. The maximum Gasteiger partial charge on any atom is 0.296 e. The second-order valence-corrected chi connectivity index (χ2v) is 4.28. The van der Waals surface area contributed by atoms with E-state index in [9.17, 15) is 8.42 Å². The minimum atomic E-state index is -4.24. The van der Waals surface area contributed by atoms with E-state index in [0.717, 1.165) is 6.07 Å². The van der Waals surface area contributed by atoms with Gasteiger partial charge in [-0.2, -0.15) is 8.42 Å². The largest absolute Gasteiger partial charge is 0.296 e. The van der Waals surface area contributed by atoms with Crippen molar-refractivity contribution in [2.24, 2.45) is 0 Å². The van der Waals surface area contributed by atoms with E-state index in [-0.39, 0.29) is 29.4 Å². The summed E-state index contributed by atoms with van der Waals surface area (Å²) in [5, 5.41) is 0.220. The van der Waals surface area contributed by atoms with Gasteiger partial charge in [0.2, 0.25) is 0 Å². The second-order valence-electron chi connectivity index (χ2n) is 2.05. The number of hydrogen-bond donors (Lipinski definition) is 1. The van der Waals surface area contributed by atoms with Gasteiger partial charge in [0.1, 0.15) is 4.90 Å². The van der Waals surface area contributed by atoms with Gasteiger partial charge in [0.25, 0.3) is 10.1 Å². The average molecular weight is 292 g/mol. The zero-order valence-corrected chi connectivity index (χ0v) is 11.7. The van der Waals surface area contributed by atoms with Crippen LogP contribution in [0, 0.1) is 0 Å². The summed E-state index contributed by atoms with van der Waals surface area (Å²) in [4.78, 5) is -0.339. The molecule has 3 nitrogen and oxygen atoms in total. The SMILES string of the molecule is O=S(=O)(O)c1ccc(Cl)cc1Cl.[Zn]. The van der Waals surface area contributed by atoms with E-state index < -0.39 is 10.1 Å². The van der Waals surface area contributed by atoms with Crippen LogP contribution in [0.1, 0.15) is 0 Å². The van der Waals surface area contributed by atoms with Gasteiger partial charge in [0, 0.05) is 24.5 Å². The van der Waals surface area contributed by atoms with Gasteiger partial charge in [-0.15, -0.1) is 0 Å². The minimum Gasteiger partial charge on any atom is -0.282 e. The first-order valence-electron chi connectivity index (χ1n) is 2.84. The first-order chi connectivity index (χ1) is 5.41. The molecule has 1 N–H and O–H groups in total. The van der Waals surface area contributed by atoms with Gasteiger partial charge in [-0.25, -0.2) is 0 Å². The van der Waals surface area contributed by atoms with Crippen LogP contribution >= 0.6 is 23.2 Å². The summed E-state index contributed by atoms with van der Waals surface area (Å²) in [6.45, 7) is 0. The summed E-state index contributed by atoms with van der Waals surface area (Å²) in [6, 6.07) is 3.71. The zero-order valence-electron chi connectivity index (χ0n) is 6.37. The number of hydrogen-bond acceptors (Lipinski definition) is 2. The number of halogens is 2. The fraction of sp³-hybridized carbons (Fsp3) is 0. The molecule has 68 valence electrons. The predicted octanol–water partition coefficient (Wildman–Crippen LogP) is 2.24. The molecular formula is C6H4Cl2O3SZn. The van der Waals surface area contributed by atoms with Crippen molar-refractivity contribution in [3.8, 4) is 0 Å². The van der Waals surface area contributed by atoms with Crippen molar-refractivity contribution in [3.63, 3.8) is 0 Å². The normalized spacial score (nSPS) is 10.7. The Morgan fingerprint density at radius 2 is 1.77 bits per heavy atom. The Bertz CT molecular complexity index is 404. The molecule has 0 saturated heterocycles. The van der Waals surface area contributed by atoms with E-state index in [1.807, 2.05) is 0 Å². The van der Waals surface area contributed by atoms with Gasteiger partial charge < -0.3 is 0 Å². The third-order valence-electron chi connectivity index (χ3n) is 1.17. The molecule has 0 aliphatic heterocycles. The van der Waals surface area contributed by atoms with Crippen molar-refractivity contribution in [1.82, 2.24) is 0 Å². The molecule has 0 aliphatic rings. The van der Waals surface area contributed by atoms with Crippen LogP contribution in [-0.2, 0) is 29.6 Å². The van der Waals surface area contributed by atoms with Crippen LogP contribution in [0.2, 0.25) is 10.0 Å². The van der Waals surface area contributed by atoms with Crippen LogP contribution in [0.5, 0.6) is 0 Å². The molecule has 0 fully saturated rings. The van der Waals surface area contributed by atoms with E-state index in [1.165, 1.54) is 12.1 Å². The van der Waals surface area contributed by atoms with Crippen molar-refractivity contribution in [3.05, 3.63) is 28.2 Å². The van der Waals surface area contributed by atoms with Crippen LogP contribution < -0.4 is 0 Å². The molecule has 7 heteroatoms. The Morgan fingerprint density at radius 1 is 1.23 bits per heavy atom. The Morgan fingerprint density at radius 3 is 2.15 bits per heavy atom. The van der Waals surface area contributed by atoms with Crippen molar-refractivity contribution in [2.75, 3.05) is 0 Å². The first kappa shape index (κ1) is 13.3. The molecular weight excluding hydrogens is 288 g/mol. The van der Waals surface area contributed by atoms with Crippen LogP contribution in [-0.4, -0.2) is 13.0 Å². The van der Waals surface area contributed by atoms with E-state index in [4.69, 9.17) is 27.8 Å². The zero-order chi connectivity index (χ0) is 9.35. The molecule has 0 heterocycles. The molecule has 0 spiro atoms. The molecule has 0 aliphatic carbocycles. The summed E-state index contributed by atoms with van der Waals surface area (Å²) < 4.78 is 29.8. The monoisotopic (exact) mass is 290 g/mol. The second kappa shape index (κ2) is 4.71. The molecule has 0 atom stereocenters. The summed E-state index contributed by atoms with van der Waals surface area (Å²) in [5.74, 6) is 0. The molecule has 0 amide bonds. The Hall–Kier alpha value is 0.333. The predicted molar refractivity (Wildman–Crippen MR) is 46.3 cm³/mol. The van der Waals surface area contributed by atoms with Crippen molar-refractivity contribution in [1.29, 1.82) is 0 Å². The van der Waals surface area contributed by atoms with Gasteiger partial charge in [-0.1, -0.05) is 23.2 Å². The van der Waals surface area contributed by atoms with E-state index in [0.29, 0.717) is 5.02 Å². The molecule has 1 rings (SSSR count).